The molecule has 9 heteroatoms. The molecule has 220 valence electrons. The number of piperidine rings is 1. The van der Waals surface area contributed by atoms with Gasteiger partial charge in [-0.15, -0.1) is 0 Å². The predicted molar refractivity (Wildman–Crippen MR) is 160 cm³/mol. The second kappa shape index (κ2) is 11.9. The highest BCUT2D eigenvalue weighted by molar-refractivity contribution is 5.95. The van der Waals surface area contributed by atoms with Gasteiger partial charge in [0.05, 0.1) is 31.5 Å². The summed E-state index contributed by atoms with van der Waals surface area (Å²) in [6, 6.07) is 13.7. The molecule has 3 heterocycles. The van der Waals surface area contributed by atoms with Gasteiger partial charge in [-0.3, -0.25) is 9.47 Å². The number of benzene rings is 2. The van der Waals surface area contributed by atoms with Crippen molar-refractivity contribution >= 4 is 23.0 Å². The van der Waals surface area contributed by atoms with Gasteiger partial charge in [0.15, 0.2) is 0 Å². The molecular weight excluding hydrogens is 532 g/mol. The van der Waals surface area contributed by atoms with Gasteiger partial charge in [-0.2, -0.15) is 10.2 Å². The summed E-state index contributed by atoms with van der Waals surface area (Å²) in [5.74, 6) is 0.737. The molecule has 42 heavy (non-hydrogen) atoms. The maximum atomic E-state index is 13.1. The zero-order chi connectivity index (χ0) is 30.0. The van der Waals surface area contributed by atoms with Crippen molar-refractivity contribution in [1.82, 2.24) is 19.7 Å². The number of rotatable bonds is 6. The van der Waals surface area contributed by atoms with Crippen LogP contribution >= 0.6 is 0 Å². The van der Waals surface area contributed by atoms with Gasteiger partial charge >= 0.3 is 12.1 Å². The van der Waals surface area contributed by atoms with Crippen LogP contribution in [0.3, 0.4) is 0 Å². The fourth-order valence-corrected chi connectivity index (χ4v) is 5.93. The summed E-state index contributed by atoms with van der Waals surface area (Å²) in [6.07, 6.45) is 6.79. The van der Waals surface area contributed by atoms with Crippen molar-refractivity contribution in [3.05, 3.63) is 88.9 Å². The van der Waals surface area contributed by atoms with Crippen molar-refractivity contribution in [2.24, 2.45) is 0 Å². The first-order valence-electron chi connectivity index (χ1n) is 14.2. The van der Waals surface area contributed by atoms with Crippen LogP contribution in [0.5, 0.6) is 5.75 Å². The van der Waals surface area contributed by atoms with Crippen molar-refractivity contribution in [2.75, 3.05) is 20.8 Å². The summed E-state index contributed by atoms with van der Waals surface area (Å²) in [7, 11) is 3.07. The number of methoxy groups -OCH3 is 2. The molecule has 0 radical (unpaired) electrons. The Morgan fingerprint density at radius 1 is 1.02 bits per heavy atom. The van der Waals surface area contributed by atoms with E-state index in [1.165, 1.54) is 12.7 Å². The van der Waals surface area contributed by atoms with Gasteiger partial charge in [-0.1, -0.05) is 12.1 Å². The lowest BCUT2D eigenvalue weighted by atomic mass is 9.83. The van der Waals surface area contributed by atoms with Crippen LogP contribution in [0.4, 0.5) is 4.79 Å². The third-order valence-electron chi connectivity index (χ3n) is 7.91. The predicted octanol–water partition coefficient (Wildman–Crippen LogP) is 6.44. The SMILES string of the molecule is COC(=O)c1ccc(C2CC(c3ccnnc3)CCN2Cc2c(OC)cc(C)c3c2ccn3C(=O)OC(C)(C)C)cc1. The van der Waals surface area contributed by atoms with E-state index in [4.69, 9.17) is 14.2 Å². The summed E-state index contributed by atoms with van der Waals surface area (Å²) in [4.78, 5) is 27.7. The zero-order valence-corrected chi connectivity index (χ0v) is 25.1. The first kappa shape index (κ1) is 29.3. The molecule has 1 saturated heterocycles. The van der Waals surface area contributed by atoms with Crippen molar-refractivity contribution in [3.63, 3.8) is 0 Å². The van der Waals surface area contributed by atoms with Crippen LogP contribution in [-0.4, -0.2) is 58.1 Å². The van der Waals surface area contributed by atoms with E-state index in [0.717, 1.165) is 52.7 Å². The molecule has 0 bridgehead atoms. The third kappa shape index (κ3) is 6.01. The summed E-state index contributed by atoms with van der Waals surface area (Å²) < 4.78 is 18.1. The Balaban J connectivity index is 1.53. The number of nitrogens with zero attached hydrogens (tertiary/aromatic N) is 4. The normalized spacial score (nSPS) is 17.7. The number of fused-ring (bicyclic) bond motifs is 1. The molecule has 1 fully saturated rings. The molecule has 2 atom stereocenters. The second-order valence-corrected chi connectivity index (χ2v) is 11.8. The minimum atomic E-state index is -0.609. The Hall–Kier alpha value is -4.24. The van der Waals surface area contributed by atoms with Crippen molar-refractivity contribution < 1.29 is 23.8 Å². The van der Waals surface area contributed by atoms with Crippen molar-refractivity contribution in [3.8, 4) is 5.75 Å². The van der Waals surface area contributed by atoms with Crippen molar-refractivity contribution in [2.45, 2.75) is 64.6 Å². The van der Waals surface area contributed by atoms with E-state index in [9.17, 15) is 9.59 Å². The Kier molecular flexibility index (Phi) is 8.31. The minimum Gasteiger partial charge on any atom is -0.496 e. The molecule has 0 N–H and O–H groups in total. The van der Waals surface area contributed by atoms with E-state index in [1.807, 2.05) is 76.4 Å². The highest BCUT2D eigenvalue weighted by Gasteiger charge is 2.32. The number of aryl methyl sites for hydroxylation is 1. The average Bonchev–Trinajstić information content (AvgIpc) is 3.44. The number of hydrogen-bond donors (Lipinski definition) is 0. The van der Waals surface area contributed by atoms with Crippen LogP contribution in [-0.2, 0) is 16.0 Å². The number of likely N-dealkylation sites (tertiary alicyclic amines) is 1. The van der Waals surface area contributed by atoms with Crippen LogP contribution in [0.15, 0.2) is 61.1 Å². The Labute approximate surface area is 246 Å². The Morgan fingerprint density at radius 2 is 1.79 bits per heavy atom. The number of aromatic nitrogens is 3. The van der Waals surface area contributed by atoms with Crippen LogP contribution in [0.2, 0.25) is 0 Å². The molecule has 0 amide bonds. The molecule has 2 unspecified atom stereocenters. The maximum Gasteiger partial charge on any atom is 0.419 e. The first-order valence-corrected chi connectivity index (χ1v) is 14.2. The molecule has 0 spiro atoms. The number of carbonyl (C=O) groups is 2. The molecular formula is C33H38N4O5. The zero-order valence-electron chi connectivity index (χ0n) is 25.1. The summed E-state index contributed by atoms with van der Waals surface area (Å²) >= 11 is 0. The highest BCUT2D eigenvalue weighted by atomic mass is 16.6. The van der Waals surface area contributed by atoms with Gasteiger partial charge < -0.3 is 14.2 Å². The lowest BCUT2D eigenvalue weighted by Gasteiger charge is -2.40. The van der Waals surface area contributed by atoms with Gasteiger partial charge in [-0.05, 0) is 100 Å². The molecule has 5 rings (SSSR count). The summed E-state index contributed by atoms with van der Waals surface area (Å²) in [6.45, 7) is 9.02. The molecule has 9 nitrogen and oxygen atoms in total. The van der Waals surface area contributed by atoms with E-state index < -0.39 is 11.7 Å². The van der Waals surface area contributed by atoms with E-state index in [1.54, 1.807) is 24.1 Å². The standard InChI is InChI=1S/C33H38N4O5/c1-21-17-29(40-5)27(26-13-16-37(30(21)26)32(39)42-33(2,3)4)20-36-15-12-24(25-11-14-34-35-19-25)18-28(36)22-7-9-23(10-8-22)31(38)41-6/h7-11,13-14,16-17,19,24,28H,12,15,18,20H2,1-6H3. The molecule has 2 aromatic heterocycles. The van der Waals surface area contributed by atoms with E-state index >= 15 is 0 Å². The topological polar surface area (TPSA) is 95.8 Å². The van der Waals surface area contributed by atoms with Gasteiger partial charge in [-0.25, -0.2) is 9.59 Å². The molecule has 1 aliphatic heterocycles. The first-order chi connectivity index (χ1) is 20.1. The van der Waals surface area contributed by atoms with Gasteiger partial charge in [0.2, 0.25) is 0 Å². The lowest BCUT2D eigenvalue weighted by Crippen LogP contribution is -2.36. The molecule has 2 aromatic carbocycles. The lowest BCUT2D eigenvalue weighted by molar-refractivity contribution is 0.0542. The third-order valence-corrected chi connectivity index (χ3v) is 7.91. The van der Waals surface area contributed by atoms with Crippen molar-refractivity contribution in [1.29, 1.82) is 0 Å². The quantitative estimate of drug-likeness (QED) is 0.245. The van der Waals surface area contributed by atoms with Crippen LogP contribution in [0.1, 0.15) is 78.2 Å². The van der Waals surface area contributed by atoms with E-state index in [-0.39, 0.29) is 12.0 Å². The van der Waals surface area contributed by atoms with E-state index in [0.29, 0.717) is 18.0 Å². The Bertz CT molecular complexity index is 1570. The number of hydrogen-bond acceptors (Lipinski definition) is 8. The number of carbonyl (C=O) groups excluding carboxylic acids is 2. The van der Waals surface area contributed by atoms with E-state index in [2.05, 4.69) is 15.1 Å². The summed E-state index contributed by atoms with van der Waals surface area (Å²) in [5.41, 5.74) is 4.96. The fraction of sp³-hybridized carbons (Fsp3) is 0.394. The minimum absolute atomic E-state index is 0.0672. The average molecular weight is 571 g/mol. The van der Waals surface area contributed by atoms with Crippen LogP contribution in [0.25, 0.3) is 10.9 Å². The Morgan fingerprint density at radius 3 is 2.43 bits per heavy atom. The maximum absolute atomic E-state index is 13.1. The highest BCUT2D eigenvalue weighted by Crippen LogP contribution is 2.42. The molecule has 0 saturated carbocycles. The van der Waals surface area contributed by atoms with Crippen LogP contribution in [0, 0.1) is 6.92 Å². The smallest absolute Gasteiger partial charge is 0.419 e. The molecule has 4 aromatic rings. The molecule has 0 aliphatic carbocycles. The van der Waals surface area contributed by atoms with Gasteiger partial charge in [0.25, 0.3) is 0 Å². The van der Waals surface area contributed by atoms with Crippen LogP contribution < -0.4 is 4.74 Å². The van der Waals surface area contributed by atoms with Gasteiger partial charge in [0, 0.05) is 35.9 Å². The monoisotopic (exact) mass is 570 g/mol. The largest absolute Gasteiger partial charge is 0.496 e. The second-order valence-electron chi connectivity index (χ2n) is 11.8. The fourth-order valence-electron chi connectivity index (χ4n) is 5.93. The molecule has 1 aliphatic rings. The number of esters is 1. The van der Waals surface area contributed by atoms with Gasteiger partial charge in [0.1, 0.15) is 11.4 Å². The number of ether oxygens (including phenoxy) is 3. The summed E-state index contributed by atoms with van der Waals surface area (Å²) in [5, 5.41) is 9.03.